The van der Waals surface area contributed by atoms with Gasteiger partial charge in [-0.25, -0.2) is 0 Å². The van der Waals surface area contributed by atoms with Crippen LogP contribution in [0.2, 0.25) is 0 Å². The molecule has 0 spiro atoms. The van der Waals surface area contributed by atoms with Gasteiger partial charge in [0.25, 0.3) is 0 Å². The maximum absolute atomic E-state index is 12.9. The van der Waals surface area contributed by atoms with Crippen molar-refractivity contribution in [1.29, 1.82) is 0 Å². The fourth-order valence-electron chi connectivity index (χ4n) is 4.47. The number of carbonyl (C=O) groups excluding carboxylic acids is 1. The Morgan fingerprint density at radius 2 is 1.93 bits per heavy atom. The van der Waals surface area contributed by atoms with Crippen LogP contribution in [-0.2, 0) is 4.79 Å². The fraction of sp³-hybridized carbons (Fsp3) is 0.217. The van der Waals surface area contributed by atoms with Crippen molar-refractivity contribution in [3.63, 3.8) is 0 Å². The number of pyridine rings is 1. The number of carbonyl (C=O) groups is 1. The highest BCUT2D eigenvalue weighted by molar-refractivity contribution is 6.05. The Morgan fingerprint density at radius 1 is 1.04 bits per heavy atom. The van der Waals surface area contributed by atoms with Crippen molar-refractivity contribution in [3.05, 3.63) is 71.1 Å². The van der Waals surface area contributed by atoms with Gasteiger partial charge in [0.15, 0.2) is 17.3 Å². The molecule has 1 aliphatic carbocycles. The molecule has 5 heteroatoms. The fourth-order valence-corrected chi connectivity index (χ4v) is 4.47. The highest BCUT2D eigenvalue weighted by Gasteiger charge is 2.39. The van der Waals surface area contributed by atoms with Gasteiger partial charge in [-0.1, -0.05) is 24.3 Å². The maximum atomic E-state index is 12.9. The predicted molar refractivity (Wildman–Crippen MR) is 108 cm³/mol. The van der Waals surface area contributed by atoms with Crippen molar-refractivity contribution in [2.45, 2.75) is 18.8 Å². The van der Waals surface area contributed by atoms with Gasteiger partial charge in [-0.15, -0.1) is 0 Å². The zero-order chi connectivity index (χ0) is 19.3. The molecule has 0 amide bonds. The molecular formula is C23H20N2O3. The van der Waals surface area contributed by atoms with Crippen LogP contribution in [0.3, 0.4) is 0 Å². The number of allylic oxidation sites excluding steroid dienone is 2. The van der Waals surface area contributed by atoms with E-state index in [2.05, 4.69) is 22.4 Å². The maximum Gasteiger partial charge on any atom is 0.164 e. The zero-order valence-electron chi connectivity index (χ0n) is 15.8. The summed E-state index contributed by atoms with van der Waals surface area (Å²) in [5.41, 5.74) is 5.65. The molecule has 0 bridgehead atoms. The first-order valence-corrected chi connectivity index (χ1v) is 9.34. The number of aromatic nitrogens is 1. The lowest BCUT2D eigenvalue weighted by Crippen LogP contribution is -2.20. The molecule has 2 heterocycles. The smallest absolute Gasteiger partial charge is 0.164 e. The Labute approximate surface area is 163 Å². The predicted octanol–water partition coefficient (Wildman–Crippen LogP) is 4.43. The van der Waals surface area contributed by atoms with Crippen LogP contribution >= 0.6 is 0 Å². The van der Waals surface area contributed by atoms with Gasteiger partial charge in [0.1, 0.15) is 0 Å². The molecule has 2 aromatic carbocycles. The number of anilines is 1. The van der Waals surface area contributed by atoms with Gasteiger partial charge in [0.05, 0.1) is 19.7 Å². The minimum absolute atomic E-state index is 0.177. The summed E-state index contributed by atoms with van der Waals surface area (Å²) in [4.78, 5) is 17.6. The number of para-hydroxylation sites is 1. The van der Waals surface area contributed by atoms with E-state index >= 15 is 0 Å². The van der Waals surface area contributed by atoms with Crippen molar-refractivity contribution in [2.24, 2.45) is 0 Å². The van der Waals surface area contributed by atoms with E-state index in [0.29, 0.717) is 17.9 Å². The molecule has 5 nitrogen and oxygen atoms in total. The van der Waals surface area contributed by atoms with E-state index in [4.69, 9.17) is 9.47 Å². The molecule has 1 N–H and O–H groups in total. The van der Waals surface area contributed by atoms with Gasteiger partial charge in [0, 0.05) is 52.0 Å². The molecule has 0 fully saturated rings. The van der Waals surface area contributed by atoms with Gasteiger partial charge < -0.3 is 14.8 Å². The third kappa shape index (κ3) is 2.32. The van der Waals surface area contributed by atoms with E-state index in [1.54, 1.807) is 20.4 Å². The summed E-state index contributed by atoms with van der Waals surface area (Å²) in [6, 6.07) is 13.9. The first-order chi connectivity index (χ1) is 13.7. The summed E-state index contributed by atoms with van der Waals surface area (Å²) < 4.78 is 11.3. The molecule has 1 aromatic heterocycles. The van der Waals surface area contributed by atoms with Crippen molar-refractivity contribution >= 4 is 22.4 Å². The Kier molecular flexibility index (Phi) is 3.83. The Hall–Kier alpha value is -3.34. The number of methoxy groups -OCH3 is 2. The van der Waals surface area contributed by atoms with Gasteiger partial charge in [-0.05, 0) is 24.6 Å². The van der Waals surface area contributed by atoms with Gasteiger partial charge >= 0.3 is 0 Å². The van der Waals surface area contributed by atoms with E-state index in [0.717, 1.165) is 45.4 Å². The van der Waals surface area contributed by atoms with Crippen LogP contribution in [-0.4, -0.2) is 25.0 Å². The number of rotatable bonds is 3. The Morgan fingerprint density at radius 3 is 2.75 bits per heavy atom. The number of ketones is 1. The SMILES string of the molecule is COc1cccc(C2C3=C(CCC3=O)Nc3ccc4cccnc4c32)c1OC. The minimum Gasteiger partial charge on any atom is -0.493 e. The second-order valence-electron chi connectivity index (χ2n) is 7.06. The topological polar surface area (TPSA) is 60.5 Å². The summed E-state index contributed by atoms with van der Waals surface area (Å²) >= 11 is 0. The molecular weight excluding hydrogens is 352 g/mol. The van der Waals surface area contributed by atoms with E-state index < -0.39 is 0 Å². The molecule has 2 aliphatic rings. The lowest BCUT2D eigenvalue weighted by molar-refractivity contribution is -0.115. The second kappa shape index (κ2) is 6.37. The molecule has 140 valence electrons. The normalized spacial score (nSPS) is 17.9. The number of fused-ring (bicyclic) bond motifs is 3. The number of hydrogen-bond donors (Lipinski definition) is 1. The highest BCUT2D eigenvalue weighted by atomic mass is 16.5. The summed E-state index contributed by atoms with van der Waals surface area (Å²) in [5.74, 6) is 1.24. The van der Waals surface area contributed by atoms with E-state index in [9.17, 15) is 4.79 Å². The Bertz CT molecular complexity index is 1150. The summed E-state index contributed by atoms with van der Waals surface area (Å²) in [6.07, 6.45) is 3.05. The zero-order valence-corrected chi connectivity index (χ0v) is 15.8. The lowest BCUT2D eigenvalue weighted by atomic mass is 9.79. The Balaban J connectivity index is 1.86. The first kappa shape index (κ1) is 16.8. The van der Waals surface area contributed by atoms with Crippen LogP contribution in [0.1, 0.15) is 29.9 Å². The molecule has 0 saturated heterocycles. The van der Waals surface area contributed by atoms with Crippen LogP contribution in [0.4, 0.5) is 5.69 Å². The molecule has 28 heavy (non-hydrogen) atoms. The summed E-state index contributed by atoms with van der Waals surface area (Å²) in [6.45, 7) is 0. The van der Waals surface area contributed by atoms with Crippen LogP contribution < -0.4 is 14.8 Å². The first-order valence-electron chi connectivity index (χ1n) is 9.34. The van der Waals surface area contributed by atoms with Gasteiger partial charge in [-0.3, -0.25) is 9.78 Å². The highest BCUT2D eigenvalue weighted by Crippen LogP contribution is 2.51. The molecule has 1 aliphatic heterocycles. The minimum atomic E-state index is -0.245. The van der Waals surface area contributed by atoms with Crippen LogP contribution in [0, 0.1) is 0 Å². The molecule has 1 atom stereocenters. The monoisotopic (exact) mass is 372 g/mol. The average Bonchev–Trinajstić information content (AvgIpc) is 3.11. The molecule has 0 radical (unpaired) electrons. The number of benzene rings is 2. The van der Waals surface area contributed by atoms with Crippen molar-refractivity contribution in [1.82, 2.24) is 4.98 Å². The number of ether oxygens (including phenoxy) is 2. The van der Waals surface area contributed by atoms with Crippen molar-refractivity contribution in [3.8, 4) is 11.5 Å². The van der Waals surface area contributed by atoms with Crippen LogP contribution in [0.15, 0.2) is 59.9 Å². The van der Waals surface area contributed by atoms with E-state index in [1.807, 2.05) is 30.3 Å². The van der Waals surface area contributed by atoms with Crippen molar-refractivity contribution in [2.75, 3.05) is 19.5 Å². The third-order valence-corrected chi connectivity index (χ3v) is 5.65. The van der Waals surface area contributed by atoms with E-state index in [1.165, 1.54) is 0 Å². The number of nitrogens with one attached hydrogen (secondary N) is 1. The van der Waals surface area contributed by atoms with Crippen LogP contribution in [0.25, 0.3) is 10.9 Å². The largest absolute Gasteiger partial charge is 0.493 e. The summed E-state index contributed by atoms with van der Waals surface area (Å²) in [5, 5.41) is 4.54. The number of hydrogen-bond acceptors (Lipinski definition) is 5. The lowest BCUT2D eigenvalue weighted by Gasteiger charge is -2.30. The van der Waals surface area contributed by atoms with Gasteiger partial charge in [-0.2, -0.15) is 0 Å². The van der Waals surface area contributed by atoms with Crippen LogP contribution in [0.5, 0.6) is 11.5 Å². The average molecular weight is 372 g/mol. The number of Topliss-reactive ketones (excluding diaryl/α,β-unsaturated/α-hetero) is 1. The number of nitrogens with zero attached hydrogens (tertiary/aromatic N) is 1. The quantitative estimate of drug-likeness (QED) is 0.737. The van der Waals surface area contributed by atoms with E-state index in [-0.39, 0.29) is 11.7 Å². The molecule has 0 saturated carbocycles. The molecule has 3 aromatic rings. The summed E-state index contributed by atoms with van der Waals surface area (Å²) in [7, 11) is 3.26. The van der Waals surface area contributed by atoms with Crippen molar-refractivity contribution < 1.29 is 14.3 Å². The standard InChI is InChI=1S/C23H20N2O3/c1-27-18-7-3-6-14(23(18)28-2)19-20-15(10-11-17(20)26)25-16-9-8-13-5-4-12-24-22(13)21(16)19/h3-9,12,19,25H,10-11H2,1-2H3. The second-order valence-corrected chi connectivity index (χ2v) is 7.06. The molecule has 5 rings (SSSR count). The third-order valence-electron chi connectivity index (χ3n) is 5.65. The van der Waals surface area contributed by atoms with Gasteiger partial charge in [0.2, 0.25) is 0 Å². The molecule has 1 unspecified atom stereocenters.